The van der Waals surface area contributed by atoms with E-state index in [1.165, 1.54) is 6.20 Å². The number of rotatable bonds is 3. The summed E-state index contributed by atoms with van der Waals surface area (Å²) in [6.07, 6.45) is 5.73. The van der Waals surface area contributed by atoms with Gasteiger partial charge in [-0.2, -0.15) is 0 Å². The fourth-order valence-electron chi connectivity index (χ4n) is 2.10. The Bertz CT molecular complexity index is 943. The lowest BCUT2D eigenvalue weighted by atomic mass is 10.1. The summed E-state index contributed by atoms with van der Waals surface area (Å²) in [7, 11) is -3.46. The van der Waals surface area contributed by atoms with Gasteiger partial charge in [-0.05, 0) is 24.3 Å². The van der Waals surface area contributed by atoms with E-state index in [0.717, 1.165) is 11.8 Å². The molecule has 0 saturated heterocycles. The topological polar surface area (TPSA) is 72.8 Å². The van der Waals surface area contributed by atoms with Crippen molar-refractivity contribution in [1.29, 1.82) is 0 Å². The molecule has 3 aromatic rings. The zero-order valence-electron chi connectivity index (χ0n) is 12.1. The average molecular weight is 346 g/mol. The molecule has 116 valence electrons. The summed E-state index contributed by atoms with van der Waals surface area (Å²) in [6, 6.07) is 10.4. The largest absolute Gasteiger partial charge is 0.265 e. The van der Waals surface area contributed by atoms with E-state index in [9.17, 15) is 8.42 Å². The van der Waals surface area contributed by atoms with E-state index in [1.807, 2.05) is 0 Å². The summed E-state index contributed by atoms with van der Waals surface area (Å²) in [4.78, 5) is 12.7. The van der Waals surface area contributed by atoms with Crippen molar-refractivity contribution in [2.45, 2.75) is 4.90 Å². The third-order valence-corrected chi connectivity index (χ3v) is 4.56. The smallest absolute Gasteiger partial charge is 0.179 e. The molecule has 5 nitrogen and oxygen atoms in total. The molecule has 0 saturated carbocycles. The summed E-state index contributed by atoms with van der Waals surface area (Å²) in [6.45, 7) is 0. The number of sulfone groups is 1. The first-order valence-corrected chi connectivity index (χ1v) is 8.95. The van der Waals surface area contributed by atoms with Crippen LogP contribution >= 0.6 is 11.6 Å². The van der Waals surface area contributed by atoms with Gasteiger partial charge in [0.15, 0.2) is 15.7 Å². The Kier molecular flexibility index (Phi) is 4.11. The van der Waals surface area contributed by atoms with Gasteiger partial charge in [0.05, 0.1) is 11.9 Å². The van der Waals surface area contributed by atoms with Crippen LogP contribution in [0.5, 0.6) is 0 Å². The van der Waals surface area contributed by atoms with Gasteiger partial charge < -0.3 is 0 Å². The van der Waals surface area contributed by atoms with Crippen molar-refractivity contribution in [2.24, 2.45) is 0 Å². The van der Waals surface area contributed by atoms with Crippen molar-refractivity contribution >= 4 is 21.4 Å². The SMILES string of the molecule is CS(=O)(=O)c1cnc(-c2ccncc2)nc1-c1ccc(Cl)cc1. The number of halogens is 1. The molecule has 2 aromatic heterocycles. The van der Waals surface area contributed by atoms with Crippen LogP contribution in [0.4, 0.5) is 0 Å². The summed E-state index contributed by atoms with van der Waals surface area (Å²) in [5.74, 6) is 0.435. The summed E-state index contributed by atoms with van der Waals surface area (Å²) in [5, 5.41) is 0.568. The minimum Gasteiger partial charge on any atom is -0.265 e. The highest BCUT2D eigenvalue weighted by Crippen LogP contribution is 2.28. The van der Waals surface area contributed by atoms with E-state index in [1.54, 1.807) is 48.8 Å². The maximum absolute atomic E-state index is 12.0. The van der Waals surface area contributed by atoms with Gasteiger partial charge in [-0.3, -0.25) is 4.98 Å². The molecule has 23 heavy (non-hydrogen) atoms. The van der Waals surface area contributed by atoms with Gasteiger partial charge >= 0.3 is 0 Å². The number of hydrogen-bond acceptors (Lipinski definition) is 5. The number of hydrogen-bond donors (Lipinski definition) is 0. The van der Waals surface area contributed by atoms with E-state index < -0.39 is 9.84 Å². The first kappa shape index (κ1) is 15.6. The predicted octanol–water partition coefficient (Wildman–Crippen LogP) is 3.26. The van der Waals surface area contributed by atoms with E-state index in [2.05, 4.69) is 15.0 Å². The third-order valence-electron chi connectivity index (χ3n) is 3.21. The third kappa shape index (κ3) is 3.38. The molecule has 0 aliphatic heterocycles. The molecule has 0 bridgehead atoms. The average Bonchev–Trinajstić information content (AvgIpc) is 2.55. The maximum Gasteiger partial charge on any atom is 0.179 e. The van der Waals surface area contributed by atoms with Crippen LogP contribution in [0.2, 0.25) is 5.02 Å². The van der Waals surface area contributed by atoms with Crippen molar-refractivity contribution < 1.29 is 8.42 Å². The Hall–Kier alpha value is -2.31. The molecule has 0 N–H and O–H groups in total. The summed E-state index contributed by atoms with van der Waals surface area (Å²) < 4.78 is 24.1. The minimum atomic E-state index is -3.46. The van der Waals surface area contributed by atoms with Crippen LogP contribution < -0.4 is 0 Å². The van der Waals surface area contributed by atoms with E-state index in [0.29, 0.717) is 22.1 Å². The lowest BCUT2D eigenvalue weighted by Gasteiger charge is -2.09. The molecule has 0 aliphatic carbocycles. The molecule has 0 spiro atoms. The maximum atomic E-state index is 12.0. The molecule has 2 heterocycles. The van der Waals surface area contributed by atoms with Crippen LogP contribution in [0.1, 0.15) is 0 Å². The quantitative estimate of drug-likeness (QED) is 0.728. The molecule has 0 fully saturated rings. The second kappa shape index (κ2) is 6.06. The second-order valence-electron chi connectivity index (χ2n) is 4.92. The van der Waals surface area contributed by atoms with Crippen LogP contribution in [-0.4, -0.2) is 29.6 Å². The number of aromatic nitrogens is 3. The Morgan fingerprint density at radius 2 is 1.61 bits per heavy atom. The van der Waals surface area contributed by atoms with Crippen LogP contribution in [-0.2, 0) is 9.84 Å². The number of benzene rings is 1. The van der Waals surface area contributed by atoms with Crippen molar-refractivity contribution in [1.82, 2.24) is 15.0 Å². The molecule has 0 atom stereocenters. The summed E-state index contributed by atoms with van der Waals surface area (Å²) in [5.41, 5.74) is 1.77. The van der Waals surface area contributed by atoms with Gasteiger partial charge in [-0.15, -0.1) is 0 Å². The van der Waals surface area contributed by atoms with Gasteiger partial charge in [0.2, 0.25) is 0 Å². The summed E-state index contributed by atoms with van der Waals surface area (Å²) >= 11 is 5.90. The standard InChI is InChI=1S/C16H12ClN3O2S/c1-23(21,22)14-10-19-16(12-6-8-18-9-7-12)20-15(14)11-2-4-13(17)5-3-11/h2-10H,1H3. The monoisotopic (exact) mass is 345 g/mol. The Labute approximate surface area is 138 Å². The van der Waals surface area contributed by atoms with Gasteiger partial charge in [0, 0.05) is 34.8 Å². The molecular formula is C16H12ClN3O2S. The second-order valence-corrected chi connectivity index (χ2v) is 7.34. The minimum absolute atomic E-state index is 0.0811. The van der Waals surface area contributed by atoms with Crippen LogP contribution in [0, 0.1) is 0 Å². The van der Waals surface area contributed by atoms with Gasteiger partial charge in [-0.25, -0.2) is 18.4 Å². The zero-order chi connectivity index (χ0) is 16.4. The molecule has 0 radical (unpaired) electrons. The molecule has 1 aromatic carbocycles. The first-order valence-electron chi connectivity index (χ1n) is 6.68. The van der Waals surface area contributed by atoms with Gasteiger partial charge in [-0.1, -0.05) is 23.7 Å². The van der Waals surface area contributed by atoms with Gasteiger partial charge in [0.25, 0.3) is 0 Å². The fraction of sp³-hybridized carbons (Fsp3) is 0.0625. The first-order chi connectivity index (χ1) is 10.9. The molecule has 3 rings (SSSR count). The number of nitrogens with zero attached hydrogens (tertiary/aromatic N) is 3. The normalized spacial score (nSPS) is 11.4. The Morgan fingerprint density at radius 3 is 2.22 bits per heavy atom. The van der Waals surface area contributed by atoms with Crippen LogP contribution in [0.3, 0.4) is 0 Å². The van der Waals surface area contributed by atoms with E-state index in [-0.39, 0.29) is 4.90 Å². The molecule has 0 amide bonds. The van der Waals surface area contributed by atoms with Crippen LogP contribution in [0.25, 0.3) is 22.6 Å². The fourth-order valence-corrected chi connectivity index (χ4v) is 2.98. The molecule has 7 heteroatoms. The lowest BCUT2D eigenvalue weighted by molar-refractivity contribution is 0.601. The van der Waals surface area contributed by atoms with Crippen LogP contribution in [0.15, 0.2) is 59.9 Å². The zero-order valence-corrected chi connectivity index (χ0v) is 13.7. The van der Waals surface area contributed by atoms with Crippen molar-refractivity contribution in [2.75, 3.05) is 6.26 Å². The van der Waals surface area contributed by atoms with E-state index in [4.69, 9.17) is 11.6 Å². The highest BCUT2D eigenvalue weighted by Gasteiger charge is 2.18. The van der Waals surface area contributed by atoms with Gasteiger partial charge in [0.1, 0.15) is 4.90 Å². The predicted molar refractivity (Wildman–Crippen MR) is 88.8 cm³/mol. The molecule has 0 unspecified atom stereocenters. The Balaban J connectivity index is 2.23. The lowest BCUT2D eigenvalue weighted by Crippen LogP contribution is -2.04. The molecular weight excluding hydrogens is 334 g/mol. The highest BCUT2D eigenvalue weighted by atomic mass is 35.5. The Morgan fingerprint density at radius 1 is 0.957 bits per heavy atom. The number of pyridine rings is 1. The van der Waals surface area contributed by atoms with E-state index >= 15 is 0 Å². The molecule has 0 aliphatic rings. The van der Waals surface area contributed by atoms with Crippen molar-refractivity contribution in [3.63, 3.8) is 0 Å². The van der Waals surface area contributed by atoms with Crippen molar-refractivity contribution in [3.05, 3.63) is 60.0 Å². The highest BCUT2D eigenvalue weighted by molar-refractivity contribution is 7.90. The van der Waals surface area contributed by atoms with Crippen molar-refractivity contribution in [3.8, 4) is 22.6 Å².